The summed E-state index contributed by atoms with van der Waals surface area (Å²) >= 11 is 0. The number of carboxylic acids is 1. The number of nitrogens with one attached hydrogen (secondary N) is 1. The van der Waals surface area contributed by atoms with E-state index >= 15 is 0 Å². The van der Waals surface area contributed by atoms with Gasteiger partial charge in [-0.05, 0) is 14.1 Å². The molecule has 0 radical (unpaired) electrons. The zero-order chi connectivity index (χ0) is 15.1. The third-order valence-corrected chi connectivity index (χ3v) is 3.03. The third-order valence-electron chi connectivity index (χ3n) is 3.03. The summed E-state index contributed by atoms with van der Waals surface area (Å²) in [5.41, 5.74) is 0. The van der Waals surface area contributed by atoms with Crippen LogP contribution in [0.2, 0.25) is 0 Å². The molecule has 8 heteroatoms. The highest BCUT2D eigenvalue weighted by atomic mass is 16.5. The van der Waals surface area contributed by atoms with Crippen LogP contribution in [0.15, 0.2) is 0 Å². The lowest BCUT2D eigenvalue weighted by atomic mass is 10.2. The maximum atomic E-state index is 11.8. The van der Waals surface area contributed by atoms with Crippen molar-refractivity contribution in [2.75, 3.05) is 46.9 Å². The number of aliphatic carboxylic acids is 1. The van der Waals surface area contributed by atoms with Crippen LogP contribution in [-0.2, 0) is 9.53 Å². The van der Waals surface area contributed by atoms with Gasteiger partial charge in [0.2, 0.25) is 0 Å². The van der Waals surface area contributed by atoms with Gasteiger partial charge in [0.25, 0.3) is 0 Å². The van der Waals surface area contributed by atoms with Crippen molar-refractivity contribution >= 4 is 12.0 Å². The summed E-state index contributed by atoms with van der Waals surface area (Å²) in [6.07, 6.45) is -0.708. The van der Waals surface area contributed by atoms with Crippen LogP contribution in [0.3, 0.4) is 0 Å². The number of amides is 2. The molecule has 1 heterocycles. The second-order valence-electron chi connectivity index (χ2n) is 5.04. The van der Waals surface area contributed by atoms with Crippen molar-refractivity contribution in [2.45, 2.75) is 18.6 Å². The van der Waals surface area contributed by atoms with Gasteiger partial charge in [-0.1, -0.05) is 0 Å². The number of hydrogen-bond donors (Lipinski definition) is 3. The van der Waals surface area contributed by atoms with Gasteiger partial charge < -0.3 is 30.1 Å². The zero-order valence-electron chi connectivity index (χ0n) is 11.9. The molecule has 2 amide bonds. The van der Waals surface area contributed by atoms with E-state index in [1.807, 2.05) is 19.0 Å². The quantitative estimate of drug-likeness (QED) is 0.509. The van der Waals surface area contributed by atoms with Crippen LogP contribution in [-0.4, -0.2) is 91.1 Å². The number of carbonyl (C=O) groups is 2. The molecule has 0 aromatic rings. The minimum absolute atomic E-state index is 0.0459. The fourth-order valence-corrected chi connectivity index (χ4v) is 1.95. The molecule has 8 nitrogen and oxygen atoms in total. The van der Waals surface area contributed by atoms with Crippen molar-refractivity contribution in [3.05, 3.63) is 0 Å². The number of aliphatic hydroxyl groups is 1. The Kier molecular flexibility index (Phi) is 6.69. The Bertz CT molecular complexity index is 337. The second-order valence-corrected chi connectivity index (χ2v) is 5.04. The smallest absolute Gasteiger partial charge is 0.326 e. The summed E-state index contributed by atoms with van der Waals surface area (Å²) in [5.74, 6) is -1.10. The zero-order valence-corrected chi connectivity index (χ0v) is 11.9. The average Bonchev–Trinajstić information content (AvgIpc) is 2.75. The van der Waals surface area contributed by atoms with Gasteiger partial charge in [0.15, 0.2) is 0 Å². The standard InChI is InChI=1S/C12H23N3O5/c1-14(2)4-6-20-5-3-13-12(19)15-8-9(16)7-10(15)11(17)18/h9-10,16H,3-8H2,1-2H3,(H,13,19)(H,17,18). The first kappa shape index (κ1) is 16.7. The normalized spacial score (nSPS) is 22.3. The molecule has 0 spiro atoms. The van der Waals surface area contributed by atoms with Crippen molar-refractivity contribution in [2.24, 2.45) is 0 Å². The predicted molar refractivity (Wildman–Crippen MR) is 71.5 cm³/mol. The van der Waals surface area contributed by atoms with Crippen molar-refractivity contribution < 1.29 is 24.5 Å². The minimum Gasteiger partial charge on any atom is -0.480 e. The van der Waals surface area contributed by atoms with E-state index in [0.29, 0.717) is 19.8 Å². The Hall–Kier alpha value is -1.38. The Morgan fingerprint density at radius 1 is 1.40 bits per heavy atom. The van der Waals surface area contributed by atoms with Crippen LogP contribution < -0.4 is 5.32 Å². The number of likely N-dealkylation sites (tertiary alicyclic amines) is 1. The van der Waals surface area contributed by atoms with Crippen molar-refractivity contribution in [1.29, 1.82) is 0 Å². The molecule has 0 aromatic carbocycles. The van der Waals surface area contributed by atoms with E-state index in [1.54, 1.807) is 0 Å². The molecule has 1 aliphatic rings. The van der Waals surface area contributed by atoms with E-state index in [0.717, 1.165) is 11.4 Å². The van der Waals surface area contributed by atoms with E-state index in [-0.39, 0.29) is 13.0 Å². The highest BCUT2D eigenvalue weighted by Crippen LogP contribution is 2.17. The fraction of sp³-hybridized carbons (Fsp3) is 0.833. The summed E-state index contributed by atoms with van der Waals surface area (Å²) < 4.78 is 5.31. The Labute approximate surface area is 118 Å². The molecule has 1 fully saturated rings. The van der Waals surface area contributed by atoms with Gasteiger partial charge in [-0.2, -0.15) is 0 Å². The molecular weight excluding hydrogens is 266 g/mol. The van der Waals surface area contributed by atoms with E-state index in [4.69, 9.17) is 9.84 Å². The summed E-state index contributed by atoms with van der Waals surface area (Å²) in [6, 6.07) is -1.44. The molecular formula is C12H23N3O5. The number of hydrogen-bond acceptors (Lipinski definition) is 5. The molecule has 3 N–H and O–H groups in total. The van der Waals surface area contributed by atoms with Gasteiger partial charge in [-0.3, -0.25) is 0 Å². The lowest BCUT2D eigenvalue weighted by Crippen LogP contribution is -2.47. The number of ether oxygens (including phenoxy) is 1. The number of aliphatic hydroxyl groups excluding tert-OH is 1. The van der Waals surface area contributed by atoms with Crippen LogP contribution >= 0.6 is 0 Å². The molecule has 2 atom stereocenters. The summed E-state index contributed by atoms with van der Waals surface area (Å²) in [4.78, 5) is 25.9. The van der Waals surface area contributed by atoms with Crippen LogP contribution in [0.1, 0.15) is 6.42 Å². The lowest BCUT2D eigenvalue weighted by Gasteiger charge is -2.21. The number of carboxylic acid groups (broad SMARTS) is 1. The molecule has 20 heavy (non-hydrogen) atoms. The first-order valence-corrected chi connectivity index (χ1v) is 6.59. The highest BCUT2D eigenvalue weighted by molar-refractivity contribution is 5.83. The summed E-state index contributed by atoms with van der Waals surface area (Å²) in [6.45, 7) is 2.10. The minimum atomic E-state index is -1.10. The number of urea groups is 1. The largest absolute Gasteiger partial charge is 0.480 e. The van der Waals surface area contributed by atoms with Gasteiger partial charge >= 0.3 is 12.0 Å². The first-order valence-electron chi connectivity index (χ1n) is 6.59. The first-order chi connectivity index (χ1) is 9.41. The predicted octanol–water partition coefficient (Wildman–Crippen LogP) is -1.21. The van der Waals surface area contributed by atoms with Crippen molar-refractivity contribution in [3.8, 4) is 0 Å². The van der Waals surface area contributed by atoms with Crippen LogP contribution in [0, 0.1) is 0 Å². The molecule has 1 rings (SSSR count). The molecule has 0 saturated carbocycles. The van der Waals surface area contributed by atoms with E-state index in [9.17, 15) is 14.7 Å². The van der Waals surface area contributed by atoms with E-state index in [1.165, 1.54) is 0 Å². The van der Waals surface area contributed by atoms with E-state index in [2.05, 4.69) is 5.32 Å². The molecule has 1 saturated heterocycles. The molecule has 0 aliphatic carbocycles. The fourth-order valence-electron chi connectivity index (χ4n) is 1.95. The van der Waals surface area contributed by atoms with Gasteiger partial charge in [0.05, 0.1) is 19.3 Å². The maximum Gasteiger partial charge on any atom is 0.326 e. The highest BCUT2D eigenvalue weighted by Gasteiger charge is 2.38. The molecule has 1 aliphatic heterocycles. The second kappa shape index (κ2) is 8.03. The monoisotopic (exact) mass is 289 g/mol. The van der Waals surface area contributed by atoms with Gasteiger partial charge in [-0.25, -0.2) is 9.59 Å². The van der Waals surface area contributed by atoms with Gasteiger partial charge in [0.1, 0.15) is 6.04 Å². The van der Waals surface area contributed by atoms with Crippen LogP contribution in [0.25, 0.3) is 0 Å². The van der Waals surface area contributed by atoms with Crippen LogP contribution in [0.4, 0.5) is 4.79 Å². The average molecular weight is 289 g/mol. The number of rotatable bonds is 7. The molecule has 0 aromatic heterocycles. The number of likely N-dealkylation sites (N-methyl/N-ethyl adjacent to an activating group) is 1. The Balaban J connectivity index is 2.23. The van der Waals surface area contributed by atoms with Gasteiger partial charge in [0, 0.05) is 26.1 Å². The SMILES string of the molecule is CN(C)CCOCCNC(=O)N1CC(O)CC1C(=O)O. The maximum absolute atomic E-state index is 11.8. The van der Waals surface area contributed by atoms with Crippen molar-refractivity contribution in [3.63, 3.8) is 0 Å². The number of carbonyl (C=O) groups excluding carboxylic acids is 1. The number of β-amino-alcohol motifs (C(OH)–C–C–N with tert-alkyl or cyclic N) is 1. The Morgan fingerprint density at radius 3 is 2.70 bits per heavy atom. The lowest BCUT2D eigenvalue weighted by molar-refractivity contribution is -0.141. The van der Waals surface area contributed by atoms with Crippen molar-refractivity contribution in [1.82, 2.24) is 15.1 Å². The van der Waals surface area contributed by atoms with Gasteiger partial charge in [-0.15, -0.1) is 0 Å². The number of nitrogens with zero attached hydrogens (tertiary/aromatic N) is 2. The molecule has 2 unspecified atom stereocenters. The summed E-state index contributed by atoms with van der Waals surface area (Å²) in [5, 5.41) is 21.0. The molecule has 116 valence electrons. The molecule has 0 bridgehead atoms. The summed E-state index contributed by atoms with van der Waals surface area (Å²) in [7, 11) is 3.88. The van der Waals surface area contributed by atoms with E-state index < -0.39 is 24.1 Å². The Morgan fingerprint density at radius 2 is 2.10 bits per heavy atom. The van der Waals surface area contributed by atoms with Crippen LogP contribution in [0.5, 0.6) is 0 Å². The third kappa shape index (κ3) is 5.32. The topological polar surface area (TPSA) is 102 Å².